The number of carboxylic acid groups (broad SMARTS) is 1. The van der Waals surface area contributed by atoms with Crippen molar-refractivity contribution in [3.8, 4) is 0 Å². The summed E-state index contributed by atoms with van der Waals surface area (Å²) in [6.45, 7) is 1.53. The van der Waals surface area contributed by atoms with E-state index >= 15 is 0 Å². The summed E-state index contributed by atoms with van der Waals surface area (Å²) < 4.78 is 5.33. The highest BCUT2D eigenvalue weighted by atomic mass is 32.1. The molecule has 2 amide bonds. The van der Waals surface area contributed by atoms with Crippen LogP contribution in [0.3, 0.4) is 0 Å². The van der Waals surface area contributed by atoms with E-state index in [1.54, 1.807) is 6.92 Å². The second-order valence-corrected chi connectivity index (χ2v) is 5.80. The minimum atomic E-state index is -1.25. The van der Waals surface area contributed by atoms with Crippen LogP contribution in [0.15, 0.2) is 15.7 Å². The topological polar surface area (TPSA) is 156 Å². The third-order valence-corrected chi connectivity index (χ3v) is 3.93. The lowest BCUT2D eigenvalue weighted by atomic mass is 10.3. The van der Waals surface area contributed by atoms with E-state index in [0.29, 0.717) is 9.55 Å². The second-order valence-electron chi connectivity index (χ2n) is 4.66. The van der Waals surface area contributed by atoms with Crippen molar-refractivity contribution in [2.45, 2.75) is 13.5 Å². The Balaban J connectivity index is 1.93. The summed E-state index contributed by atoms with van der Waals surface area (Å²) >= 11 is 0.963. The SMILES string of the molecule is CCOC(=O)CNC(=O)NCc1cc(C(=O)O)c(Nn2c(=O)c2=O)s1. The molecule has 0 saturated carbocycles. The lowest BCUT2D eigenvalue weighted by Gasteiger charge is -2.06. The number of thiophene rings is 1. The van der Waals surface area contributed by atoms with E-state index in [1.807, 2.05) is 0 Å². The Hall–Kier alpha value is -3.15. The third kappa shape index (κ3) is 4.67. The summed E-state index contributed by atoms with van der Waals surface area (Å²) in [6, 6.07) is 0.670. The average Bonchev–Trinajstić information content (AvgIpc) is 2.97. The minimum absolute atomic E-state index is 0.0107. The van der Waals surface area contributed by atoms with Crippen molar-refractivity contribution >= 4 is 34.3 Å². The van der Waals surface area contributed by atoms with Gasteiger partial charge < -0.3 is 20.5 Å². The van der Waals surface area contributed by atoms with Gasteiger partial charge in [-0.2, -0.15) is 4.68 Å². The number of urea groups is 1. The molecule has 0 atom stereocenters. The molecule has 11 nitrogen and oxygen atoms in total. The van der Waals surface area contributed by atoms with Crippen LogP contribution >= 0.6 is 11.3 Å². The van der Waals surface area contributed by atoms with Crippen LogP contribution in [0.1, 0.15) is 22.2 Å². The number of ether oxygens (including phenoxy) is 1. The van der Waals surface area contributed by atoms with Gasteiger partial charge in [-0.25, -0.2) is 9.59 Å². The van der Waals surface area contributed by atoms with Gasteiger partial charge in [0, 0.05) is 4.88 Å². The van der Waals surface area contributed by atoms with Gasteiger partial charge in [-0.05, 0) is 13.0 Å². The molecule has 2 heterocycles. The maximum absolute atomic E-state index is 11.6. The number of hydrogen-bond acceptors (Lipinski definition) is 8. The molecule has 25 heavy (non-hydrogen) atoms. The van der Waals surface area contributed by atoms with Crippen molar-refractivity contribution in [1.82, 2.24) is 15.3 Å². The molecule has 0 aromatic carbocycles. The maximum Gasteiger partial charge on any atom is 0.340 e. The van der Waals surface area contributed by atoms with E-state index in [4.69, 9.17) is 5.11 Å². The monoisotopic (exact) mass is 370 g/mol. The Bertz CT molecular complexity index is 852. The van der Waals surface area contributed by atoms with E-state index in [2.05, 4.69) is 20.8 Å². The minimum Gasteiger partial charge on any atom is -0.478 e. The molecule has 0 saturated heterocycles. The summed E-state index contributed by atoms with van der Waals surface area (Å²) in [5.41, 5.74) is 0.750. The molecular weight excluding hydrogens is 356 g/mol. The van der Waals surface area contributed by atoms with Crippen LogP contribution in [0, 0.1) is 0 Å². The number of amides is 2. The normalized spacial score (nSPS) is 10.4. The standard InChI is InChI=1S/C13H14N4O7S/c1-2-24-8(18)5-15-13(23)14-4-6-3-7(12(21)22)9(25-6)16-17-10(19)11(17)20/h3,16H,2,4-5H2,1H3,(H,21,22)(H2,14,15,23). The lowest BCUT2D eigenvalue weighted by Crippen LogP contribution is -2.38. The molecule has 4 N–H and O–H groups in total. The van der Waals surface area contributed by atoms with Crippen molar-refractivity contribution in [2.75, 3.05) is 18.6 Å². The third-order valence-electron chi connectivity index (χ3n) is 2.89. The highest BCUT2D eigenvalue weighted by molar-refractivity contribution is 7.16. The number of aromatic carboxylic acids is 1. The molecule has 0 spiro atoms. The first-order chi connectivity index (χ1) is 11.8. The average molecular weight is 370 g/mol. The molecular formula is C13H14N4O7S. The van der Waals surface area contributed by atoms with Crippen molar-refractivity contribution < 1.29 is 24.2 Å². The quantitative estimate of drug-likeness (QED) is 0.343. The molecule has 2 aromatic heterocycles. The van der Waals surface area contributed by atoms with Gasteiger partial charge in [-0.3, -0.25) is 19.8 Å². The Labute approximate surface area is 143 Å². The van der Waals surface area contributed by atoms with Crippen LogP contribution in [0.2, 0.25) is 0 Å². The van der Waals surface area contributed by atoms with Crippen molar-refractivity contribution in [3.63, 3.8) is 0 Å². The molecule has 2 aromatic rings. The zero-order valence-corrected chi connectivity index (χ0v) is 13.8. The Morgan fingerprint density at radius 2 is 1.92 bits per heavy atom. The maximum atomic E-state index is 11.6. The molecule has 2 rings (SSSR count). The lowest BCUT2D eigenvalue weighted by molar-refractivity contribution is -0.141. The second kappa shape index (κ2) is 7.61. The predicted molar refractivity (Wildman–Crippen MR) is 86.5 cm³/mol. The highest BCUT2D eigenvalue weighted by Crippen LogP contribution is 2.28. The number of aromatic nitrogens is 1. The Kier molecular flexibility index (Phi) is 5.54. The Morgan fingerprint density at radius 3 is 2.48 bits per heavy atom. The molecule has 0 fully saturated rings. The Morgan fingerprint density at radius 1 is 1.24 bits per heavy atom. The van der Waals surface area contributed by atoms with Gasteiger partial charge in [-0.1, -0.05) is 0 Å². The first-order valence-electron chi connectivity index (χ1n) is 7.01. The number of carbonyl (C=O) groups is 3. The molecule has 0 radical (unpaired) electrons. The highest BCUT2D eigenvalue weighted by Gasteiger charge is 2.21. The first kappa shape index (κ1) is 18.2. The zero-order chi connectivity index (χ0) is 18.6. The van der Waals surface area contributed by atoms with E-state index < -0.39 is 29.1 Å². The van der Waals surface area contributed by atoms with E-state index in [1.165, 1.54) is 6.07 Å². The molecule has 0 unspecified atom stereocenters. The van der Waals surface area contributed by atoms with Gasteiger partial charge in [0.05, 0.1) is 18.7 Å². The van der Waals surface area contributed by atoms with E-state index in [-0.39, 0.29) is 30.3 Å². The first-order valence-corrected chi connectivity index (χ1v) is 7.83. The summed E-state index contributed by atoms with van der Waals surface area (Å²) in [4.78, 5) is 56.3. The van der Waals surface area contributed by atoms with E-state index in [0.717, 1.165) is 11.3 Å². The number of carboxylic acids is 1. The van der Waals surface area contributed by atoms with Gasteiger partial charge in [0.2, 0.25) is 0 Å². The molecule has 134 valence electrons. The van der Waals surface area contributed by atoms with E-state index in [9.17, 15) is 24.0 Å². The molecule has 0 aliphatic rings. The van der Waals surface area contributed by atoms with Crippen molar-refractivity contribution in [3.05, 3.63) is 37.2 Å². The van der Waals surface area contributed by atoms with Crippen LogP contribution in [0.25, 0.3) is 0 Å². The fourth-order valence-corrected chi connectivity index (χ4v) is 2.68. The fourth-order valence-electron chi connectivity index (χ4n) is 1.70. The number of nitrogens with one attached hydrogen (secondary N) is 3. The predicted octanol–water partition coefficient (Wildman–Crippen LogP) is -0.919. The number of hydrogen-bond donors (Lipinski definition) is 4. The van der Waals surface area contributed by atoms with Crippen LogP contribution in [-0.2, 0) is 16.1 Å². The number of carbonyl (C=O) groups excluding carboxylic acids is 2. The molecule has 0 bridgehead atoms. The number of anilines is 1. The number of esters is 1. The largest absolute Gasteiger partial charge is 0.478 e. The van der Waals surface area contributed by atoms with Crippen molar-refractivity contribution in [2.24, 2.45) is 0 Å². The van der Waals surface area contributed by atoms with Crippen molar-refractivity contribution in [1.29, 1.82) is 0 Å². The van der Waals surface area contributed by atoms with Gasteiger partial charge in [0.15, 0.2) is 0 Å². The summed E-state index contributed by atoms with van der Waals surface area (Å²) in [7, 11) is 0. The van der Waals surface area contributed by atoms with Gasteiger partial charge in [0.1, 0.15) is 11.5 Å². The van der Waals surface area contributed by atoms with Gasteiger partial charge in [0.25, 0.3) is 0 Å². The molecule has 12 heteroatoms. The van der Waals surface area contributed by atoms with Crippen LogP contribution in [0.5, 0.6) is 0 Å². The van der Waals surface area contributed by atoms with Gasteiger partial charge >= 0.3 is 29.1 Å². The fraction of sp³-hybridized carbons (Fsp3) is 0.308. The summed E-state index contributed by atoms with van der Waals surface area (Å²) in [5.74, 6) is -1.83. The number of nitrogens with zero attached hydrogens (tertiary/aromatic N) is 1. The van der Waals surface area contributed by atoms with Crippen LogP contribution in [-0.4, -0.2) is 40.9 Å². The molecule has 0 aliphatic heterocycles. The van der Waals surface area contributed by atoms with Gasteiger partial charge in [-0.15, -0.1) is 11.3 Å². The summed E-state index contributed by atoms with van der Waals surface area (Å²) in [6.07, 6.45) is 0. The van der Waals surface area contributed by atoms with Crippen LogP contribution < -0.4 is 27.2 Å². The zero-order valence-electron chi connectivity index (χ0n) is 13.0. The van der Waals surface area contributed by atoms with Crippen LogP contribution in [0.4, 0.5) is 9.80 Å². The smallest absolute Gasteiger partial charge is 0.340 e. The number of rotatable bonds is 8. The summed E-state index contributed by atoms with van der Waals surface area (Å²) in [5, 5.41) is 14.0. The molecule has 0 aliphatic carbocycles.